The number of hydrogen-bond acceptors (Lipinski definition) is 5. The second-order valence-electron chi connectivity index (χ2n) is 6.26. The molecule has 3 rings (SSSR count). The number of anilines is 1. The topological polar surface area (TPSA) is 90.5 Å². The van der Waals surface area contributed by atoms with Gasteiger partial charge < -0.3 is 0 Å². The highest BCUT2D eigenvalue weighted by molar-refractivity contribution is 7.91. The summed E-state index contributed by atoms with van der Waals surface area (Å²) < 4.78 is 29.1. The monoisotopic (exact) mass is 338 g/mol. The van der Waals surface area contributed by atoms with Crippen LogP contribution >= 0.6 is 0 Å². The molecule has 1 aromatic carbocycles. The van der Waals surface area contributed by atoms with E-state index in [1.54, 1.807) is 6.07 Å². The highest BCUT2D eigenvalue weighted by Crippen LogP contribution is 2.32. The van der Waals surface area contributed by atoms with Gasteiger partial charge in [0.2, 0.25) is 0 Å². The van der Waals surface area contributed by atoms with Gasteiger partial charge in [0.05, 0.1) is 5.69 Å². The lowest BCUT2D eigenvalue weighted by atomic mass is 9.99. The van der Waals surface area contributed by atoms with E-state index < -0.39 is 22.2 Å². The van der Waals surface area contributed by atoms with Crippen molar-refractivity contribution in [1.29, 1.82) is 0 Å². The number of rotatable bonds is 3. The molecule has 126 valence electrons. The standard InChI is InChI=1S/C15H22N4O3S/c1-10-9-13(17-16-10)15(20)18-23(21,22)19-11(2)7-8-12-5-3-4-6-14(12)19/h3-6,10-11,13,16-17H,7-9H2,1-2H3,(H,18,20). The molecule has 23 heavy (non-hydrogen) atoms. The number of nitrogens with one attached hydrogen (secondary N) is 3. The van der Waals surface area contributed by atoms with Gasteiger partial charge in [0.1, 0.15) is 6.04 Å². The number of carbonyl (C=O) groups is 1. The molecule has 0 saturated carbocycles. The first kappa shape index (κ1) is 16.2. The average Bonchev–Trinajstić information content (AvgIpc) is 2.93. The van der Waals surface area contributed by atoms with E-state index in [1.165, 1.54) is 4.31 Å². The highest BCUT2D eigenvalue weighted by Gasteiger charge is 2.36. The minimum absolute atomic E-state index is 0.128. The average molecular weight is 338 g/mol. The Hall–Kier alpha value is -1.64. The number of hydrazine groups is 1. The lowest BCUT2D eigenvalue weighted by Gasteiger charge is -2.35. The van der Waals surface area contributed by atoms with Gasteiger partial charge in [-0.1, -0.05) is 18.2 Å². The van der Waals surface area contributed by atoms with Gasteiger partial charge in [0.25, 0.3) is 5.91 Å². The van der Waals surface area contributed by atoms with Crippen LogP contribution in [0, 0.1) is 0 Å². The van der Waals surface area contributed by atoms with Crippen LogP contribution in [0.4, 0.5) is 5.69 Å². The van der Waals surface area contributed by atoms with E-state index in [1.807, 2.05) is 32.0 Å². The fourth-order valence-corrected chi connectivity index (χ4v) is 4.67. The Morgan fingerprint density at radius 1 is 1.26 bits per heavy atom. The second kappa shape index (κ2) is 6.10. The molecule has 2 heterocycles. The van der Waals surface area contributed by atoms with E-state index in [9.17, 15) is 13.2 Å². The molecule has 0 aliphatic carbocycles. The summed E-state index contributed by atoms with van der Waals surface area (Å²) in [6.45, 7) is 3.79. The van der Waals surface area contributed by atoms with Crippen LogP contribution in [0.3, 0.4) is 0 Å². The SMILES string of the molecule is CC1CC(C(=O)NS(=O)(=O)N2c3ccccc3CCC2C)NN1. The van der Waals surface area contributed by atoms with Crippen molar-refractivity contribution in [2.75, 3.05) is 4.31 Å². The Balaban J connectivity index is 1.83. The van der Waals surface area contributed by atoms with Crippen LogP contribution in [0.25, 0.3) is 0 Å². The predicted octanol–water partition coefficient (Wildman–Crippen LogP) is 0.444. The van der Waals surface area contributed by atoms with E-state index in [0.717, 1.165) is 18.4 Å². The molecule has 3 N–H and O–H groups in total. The molecule has 0 aromatic heterocycles. The first-order valence-corrected chi connectivity index (χ1v) is 9.27. The first-order valence-electron chi connectivity index (χ1n) is 7.83. The number of fused-ring (bicyclic) bond motifs is 1. The molecule has 0 bridgehead atoms. The van der Waals surface area contributed by atoms with Crippen LogP contribution in [0.1, 0.15) is 32.3 Å². The maximum Gasteiger partial charge on any atom is 0.326 e. The molecule has 0 spiro atoms. The molecule has 1 saturated heterocycles. The van der Waals surface area contributed by atoms with Gasteiger partial charge >= 0.3 is 10.2 Å². The smallest absolute Gasteiger partial charge is 0.272 e. The summed E-state index contributed by atoms with van der Waals surface area (Å²) in [5.41, 5.74) is 7.37. The van der Waals surface area contributed by atoms with Crippen LogP contribution in [0.2, 0.25) is 0 Å². The number of aryl methyl sites for hydroxylation is 1. The van der Waals surface area contributed by atoms with Gasteiger partial charge in [-0.05, 0) is 44.7 Å². The largest absolute Gasteiger partial charge is 0.326 e. The van der Waals surface area contributed by atoms with E-state index >= 15 is 0 Å². The zero-order valence-electron chi connectivity index (χ0n) is 13.2. The Kier molecular flexibility index (Phi) is 4.31. The summed E-state index contributed by atoms with van der Waals surface area (Å²) >= 11 is 0. The van der Waals surface area contributed by atoms with Crippen LogP contribution in [0.5, 0.6) is 0 Å². The molecule has 1 aromatic rings. The van der Waals surface area contributed by atoms with Crippen LogP contribution in [-0.4, -0.2) is 32.5 Å². The maximum atomic E-state index is 12.8. The highest BCUT2D eigenvalue weighted by atomic mass is 32.2. The second-order valence-corrected chi connectivity index (χ2v) is 7.81. The normalized spacial score (nSPS) is 27.6. The van der Waals surface area contributed by atoms with Crippen LogP contribution < -0.4 is 19.9 Å². The van der Waals surface area contributed by atoms with Gasteiger partial charge in [0.15, 0.2) is 0 Å². The third kappa shape index (κ3) is 3.19. The molecule has 0 radical (unpaired) electrons. The summed E-state index contributed by atoms with van der Waals surface area (Å²) in [6.07, 6.45) is 2.11. The summed E-state index contributed by atoms with van der Waals surface area (Å²) in [4.78, 5) is 12.2. The molecule has 8 heteroatoms. The van der Waals surface area contributed by atoms with Crippen molar-refractivity contribution >= 4 is 21.8 Å². The minimum atomic E-state index is -3.93. The molecule has 7 nitrogen and oxygen atoms in total. The van der Waals surface area contributed by atoms with E-state index in [-0.39, 0.29) is 12.1 Å². The Morgan fingerprint density at radius 2 is 2.00 bits per heavy atom. The third-order valence-electron chi connectivity index (χ3n) is 4.36. The van der Waals surface area contributed by atoms with E-state index in [4.69, 9.17) is 0 Å². The fraction of sp³-hybridized carbons (Fsp3) is 0.533. The summed E-state index contributed by atoms with van der Waals surface area (Å²) in [5, 5.41) is 0. The van der Waals surface area contributed by atoms with Crippen LogP contribution in [-0.2, 0) is 21.4 Å². The summed E-state index contributed by atoms with van der Waals surface area (Å²) in [6, 6.07) is 6.81. The summed E-state index contributed by atoms with van der Waals surface area (Å²) in [7, 11) is -3.93. The van der Waals surface area contributed by atoms with Crippen molar-refractivity contribution in [3.05, 3.63) is 29.8 Å². The minimum Gasteiger partial charge on any atom is -0.272 e. The summed E-state index contributed by atoms with van der Waals surface area (Å²) in [5.74, 6) is -0.530. The quantitative estimate of drug-likeness (QED) is 0.744. The number of benzene rings is 1. The first-order chi connectivity index (χ1) is 10.9. The van der Waals surface area contributed by atoms with Crippen molar-refractivity contribution in [1.82, 2.24) is 15.6 Å². The number of nitrogens with zero attached hydrogens (tertiary/aromatic N) is 1. The Labute approximate surface area is 136 Å². The zero-order valence-corrected chi connectivity index (χ0v) is 14.1. The van der Waals surface area contributed by atoms with Crippen LogP contribution in [0.15, 0.2) is 24.3 Å². The van der Waals surface area contributed by atoms with Gasteiger partial charge in [-0.15, -0.1) is 0 Å². The molecule has 1 amide bonds. The third-order valence-corrected chi connectivity index (χ3v) is 5.89. The predicted molar refractivity (Wildman–Crippen MR) is 87.9 cm³/mol. The zero-order chi connectivity index (χ0) is 16.6. The maximum absolute atomic E-state index is 12.8. The van der Waals surface area contributed by atoms with Crippen molar-refractivity contribution in [2.24, 2.45) is 0 Å². The molecule has 1 fully saturated rings. The van der Waals surface area contributed by atoms with E-state index in [2.05, 4.69) is 15.6 Å². The van der Waals surface area contributed by atoms with Gasteiger partial charge in [0, 0.05) is 12.1 Å². The van der Waals surface area contributed by atoms with Crippen molar-refractivity contribution < 1.29 is 13.2 Å². The van der Waals surface area contributed by atoms with E-state index in [0.29, 0.717) is 12.1 Å². The van der Waals surface area contributed by atoms with Crippen molar-refractivity contribution in [3.8, 4) is 0 Å². The molecule has 3 atom stereocenters. The number of hydrogen-bond donors (Lipinski definition) is 3. The lowest BCUT2D eigenvalue weighted by molar-refractivity contribution is -0.121. The van der Waals surface area contributed by atoms with Gasteiger partial charge in [-0.3, -0.25) is 14.5 Å². The molecule has 2 aliphatic rings. The number of amides is 1. The lowest BCUT2D eigenvalue weighted by Crippen LogP contribution is -2.53. The molecular formula is C15H22N4O3S. The number of carbonyl (C=O) groups excluding carboxylic acids is 1. The Morgan fingerprint density at radius 3 is 2.70 bits per heavy atom. The van der Waals surface area contributed by atoms with Crippen molar-refractivity contribution in [2.45, 2.75) is 51.2 Å². The van der Waals surface area contributed by atoms with Gasteiger partial charge in [-0.2, -0.15) is 8.42 Å². The fourth-order valence-electron chi connectivity index (χ4n) is 3.16. The number of para-hydroxylation sites is 1. The van der Waals surface area contributed by atoms with Gasteiger partial charge in [-0.25, -0.2) is 10.1 Å². The molecule has 3 unspecified atom stereocenters. The van der Waals surface area contributed by atoms with Crippen molar-refractivity contribution in [3.63, 3.8) is 0 Å². The molecular weight excluding hydrogens is 316 g/mol. The molecule has 2 aliphatic heterocycles. The Bertz CT molecular complexity index is 706.